The van der Waals surface area contributed by atoms with E-state index in [0.29, 0.717) is 0 Å². The van der Waals surface area contributed by atoms with E-state index in [0.717, 1.165) is 33.4 Å². The van der Waals surface area contributed by atoms with Gasteiger partial charge in [0.2, 0.25) is 0 Å². The minimum absolute atomic E-state index is 0.291. The predicted octanol–water partition coefficient (Wildman–Crippen LogP) is 7.10. The Bertz CT molecular complexity index is 1060. The molecule has 4 aromatic rings. The van der Waals surface area contributed by atoms with Gasteiger partial charge in [-0.15, -0.1) is 0 Å². The standard InChI is InChI=1S/C24H15F3/c25-20-8-1-16(2-9-20)19-7-14-23(17-3-10-21(26)11-4-17)24(15-19)18-5-12-22(27)13-6-18/h1-15H. The van der Waals surface area contributed by atoms with E-state index in [-0.39, 0.29) is 17.5 Å². The maximum Gasteiger partial charge on any atom is 0.123 e. The van der Waals surface area contributed by atoms with Crippen LogP contribution < -0.4 is 0 Å². The van der Waals surface area contributed by atoms with Crippen LogP contribution in [0.2, 0.25) is 0 Å². The molecule has 0 unspecified atom stereocenters. The predicted molar refractivity (Wildman–Crippen MR) is 103 cm³/mol. The van der Waals surface area contributed by atoms with Crippen molar-refractivity contribution in [2.75, 3.05) is 0 Å². The highest BCUT2D eigenvalue weighted by Crippen LogP contribution is 2.36. The monoisotopic (exact) mass is 360 g/mol. The summed E-state index contributed by atoms with van der Waals surface area (Å²) in [6.07, 6.45) is 0. The molecule has 27 heavy (non-hydrogen) atoms. The zero-order valence-corrected chi connectivity index (χ0v) is 14.3. The van der Waals surface area contributed by atoms with Crippen LogP contribution in [0.15, 0.2) is 91.0 Å². The van der Waals surface area contributed by atoms with Gasteiger partial charge in [-0.3, -0.25) is 0 Å². The van der Waals surface area contributed by atoms with E-state index in [2.05, 4.69) is 0 Å². The van der Waals surface area contributed by atoms with Crippen molar-refractivity contribution in [1.29, 1.82) is 0 Å². The molecule has 132 valence electrons. The normalized spacial score (nSPS) is 10.8. The smallest absolute Gasteiger partial charge is 0.123 e. The van der Waals surface area contributed by atoms with Crippen LogP contribution in [0.25, 0.3) is 33.4 Å². The van der Waals surface area contributed by atoms with Crippen LogP contribution in [-0.2, 0) is 0 Å². The van der Waals surface area contributed by atoms with Crippen molar-refractivity contribution in [3.63, 3.8) is 0 Å². The highest BCUT2D eigenvalue weighted by atomic mass is 19.1. The number of benzene rings is 4. The van der Waals surface area contributed by atoms with Gasteiger partial charge in [0.15, 0.2) is 0 Å². The van der Waals surface area contributed by atoms with Crippen LogP contribution >= 0.6 is 0 Å². The third kappa shape index (κ3) is 3.63. The first-order valence-corrected chi connectivity index (χ1v) is 8.52. The molecule has 0 fully saturated rings. The first kappa shape index (κ1) is 17.1. The molecule has 0 saturated carbocycles. The minimum Gasteiger partial charge on any atom is -0.207 e. The van der Waals surface area contributed by atoms with Gasteiger partial charge >= 0.3 is 0 Å². The van der Waals surface area contributed by atoms with E-state index in [1.807, 2.05) is 18.2 Å². The minimum atomic E-state index is -0.309. The number of hydrogen-bond acceptors (Lipinski definition) is 0. The Balaban J connectivity index is 1.89. The molecule has 0 aliphatic rings. The molecule has 0 aromatic heterocycles. The van der Waals surface area contributed by atoms with Gasteiger partial charge in [-0.25, -0.2) is 13.2 Å². The third-order valence-corrected chi connectivity index (χ3v) is 4.51. The Hall–Kier alpha value is -3.33. The maximum atomic E-state index is 13.4. The second kappa shape index (κ2) is 7.12. The van der Waals surface area contributed by atoms with Crippen molar-refractivity contribution in [3.8, 4) is 33.4 Å². The summed E-state index contributed by atoms with van der Waals surface area (Å²) in [5.41, 5.74) is 5.31. The fraction of sp³-hybridized carbons (Fsp3) is 0. The van der Waals surface area contributed by atoms with Crippen LogP contribution in [0.3, 0.4) is 0 Å². The van der Waals surface area contributed by atoms with Crippen molar-refractivity contribution in [2.24, 2.45) is 0 Å². The van der Waals surface area contributed by atoms with E-state index in [4.69, 9.17) is 0 Å². The summed E-state index contributed by atoms with van der Waals surface area (Å²) in [5.74, 6) is -0.901. The third-order valence-electron chi connectivity index (χ3n) is 4.51. The summed E-state index contributed by atoms with van der Waals surface area (Å²) in [6.45, 7) is 0. The van der Waals surface area contributed by atoms with Crippen LogP contribution in [0.1, 0.15) is 0 Å². The van der Waals surface area contributed by atoms with E-state index >= 15 is 0 Å². The maximum absolute atomic E-state index is 13.4. The molecule has 0 heterocycles. The Morgan fingerprint density at radius 2 is 0.704 bits per heavy atom. The largest absolute Gasteiger partial charge is 0.207 e. The Morgan fingerprint density at radius 3 is 1.19 bits per heavy atom. The summed E-state index contributed by atoms with van der Waals surface area (Å²) in [4.78, 5) is 0. The molecule has 0 saturated heterocycles. The SMILES string of the molecule is Fc1ccc(-c2ccc(-c3ccc(F)cc3)c(-c3ccc(F)cc3)c2)cc1. The zero-order valence-electron chi connectivity index (χ0n) is 14.3. The fourth-order valence-corrected chi connectivity index (χ4v) is 3.12. The van der Waals surface area contributed by atoms with Crippen LogP contribution in [0, 0.1) is 17.5 Å². The first-order valence-electron chi connectivity index (χ1n) is 8.52. The highest BCUT2D eigenvalue weighted by Gasteiger charge is 2.10. The molecular weight excluding hydrogens is 345 g/mol. The van der Waals surface area contributed by atoms with Crippen molar-refractivity contribution in [2.45, 2.75) is 0 Å². The topological polar surface area (TPSA) is 0 Å². The van der Waals surface area contributed by atoms with Crippen molar-refractivity contribution in [1.82, 2.24) is 0 Å². The molecule has 0 aliphatic heterocycles. The molecule has 0 atom stereocenters. The average molecular weight is 360 g/mol. The second-order valence-electron chi connectivity index (χ2n) is 6.28. The molecule has 0 nitrogen and oxygen atoms in total. The van der Waals surface area contributed by atoms with Crippen LogP contribution in [-0.4, -0.2) is 0 Å². The Kier molecular flexibility index (Phi) is 4.51. The van der Waals surface area contributed by atoms with Gasteiger partial charge in [0.1, 0.15) is 17.5 Å². The van der Waals surface area contributed by atoms with Gasteiger partial charge in [-0.2, -0.15) is 0 Å². The van der Waals surface area contributed by atoms with Gasteiger partial charge in [-0.1, -0.05) is 48.5 Å². The average Bonchev–Trinajstić information content (AvgIpc) is 2.69. The molecule has 0 bridgehead atoms. The molecule has 0 amide bonds. The molecule has 0 aliphatic carbocycles. The van der Waals surface area contributed by atoms with E-state index < -0.39 is 0 Å². The van der Waals surface area contributed by atoms with Gasteiger partial charge in [0.05, 0.1) is 0 Å². The second-order valence-corrected chi connectivity index (χ2v) is 6.28. The van der Waals surface area contributed by atoms with Crippen molar-refractivity contribution >= 4 is 0 Å². The van der Waals surface area contributed by atoms with Gasteiger partial charge < -0.3 is 0 Å². The summed E-state index contributed by atoms with van der Waals surface area (Å²) >= 11 is 0. The van der Waals surface area contributed by atoms with Crippen molar-refractivity contribution in [3.05, 3.63) is 108 Å². The number of hydrogen-bond donors (Lipinski definition) is 0. The van der Waals surface area contributed by atoms with Gasteiger partial charge in [0, 0.05) is 0 Å². The molecular formula is C24H15F3. The Morgan fingerprint density at radius 1 is 0.333 bits per heavy atom. The van der Waals surface area contributed by atoms with Gasteiger partial charge in [0.25, 0.3) is 0 Å². The molecule has 3 heteroatoms. The number of rotatable bonds is 3. The van der Waals surface area contributed by atoms with Crippen LogP contribution in [0.5, 0.6) is 0 Å². The first-order chi connectivity index (χ1) is 13.1. The lowest BCUT2D eigenvalue weighted by molar-refractivity contribution is 0.627. The van der Waals surface area contributed by atoms with E-state index in [1.165, 1.54) is 36.4 Å². The molecule has 4 rings (SSSR count). The quantitative estimate of drug-likeness (QED) is 0.365. The van der Waals surface area contributed by atoms with E-state index in [9.17, 15) is 13.2 Å². The lowest BCUT2D eigenvalue weighted by Gasteiger charge is -2.13. The zero-order chi connectivity index (χ0) is 18.8. The van der Waals surface area contributed by atoms with Crippen LogP contribution in [0.4, 0.5) is 13.2 Å². The molecule has 0 N–H and O–H groups in total. The van der Waals surface area contributed by atoms with Gasteiger partial charge in [-0.05, 0) is 75.8 Å². The number of halogens is 3. The lowest BCUT2D eigenvalue weighted by atomic mass is 9.91. The van der Waals surface area contributed by atoms with Crippen molar-refractivity contribution < 1.29 is 13.2 Å². The molecule has 4 aromatic carbocycles. The summed E-state index contributed by atoms with van der Waals surface area (Å²) < 4.78 is 39.9. The highest BCUT2D eigenvalue weighted by molar-refractivity contribution is 5.87. The fourth-order valence-electron chi connectivity index (χ4n) is 3.12. The summed E-state index contributed by atoms with van der Waals surface area (Å²) in [7, 11) is 0. The van der Waals surface area contributed by atoms with E-state index in [1.54, 1.807) is 36.4 Å². The summed E-state index contributed by atoms with van der Waals surface area (Å²) in [5, 5.41) is 0. The summed E-state index contributed by atoms with van der Waals surface area (Å²) in [6, 6.07) is 24.7. The Labute approximate surface area is 155 Å². The lowest BCUT2D eigenvalue weighted by Crippen LogP contribution is -1.89. The molecule has 0 radical (unpaired) electrons. The molecule has 0 spiro atoms.